The highest BCUT2D eigenvalue weighted by Crippen LogP contribution is 2.23. The molecule has 0 aliphatic heterocycles. The Kier molecular flexibility index (Phi) is 6.24. The molecule has 148 valence electrons. The Balaban J connectivity index is 1.80. The van der Waals surface area contributed by atoms with Crippen molar-refractivity contribution < 1.29 is 14.3 Å². The average Bonchev–Trinajstić information content (AvgIpc) is 2.74. The molecule has 3 rings (SSSR count). The lowest BCUT2D eigenvalue weighted by Crippen LogP contribution is -2.14. The molecule has 1 amide bonds. The minimum Gasteiger partial charge on any atom is -0.465 e. The van der Waals surface area contributed by atoms with Crippen LogP contribution in [0.3, 0.4) is 0 Å². The van der Waals surface area contributed by atoms with Crippen LogP contribution in [-0.4, -0.2) is 24.0 Å². The molecule has 2 N–H and O–H groups in total. The van der Waals surface area contributed by atoms with Gasteiger partial charge < -0.3 is 15.4 Å². The number of hydrogen-bond acceptors (Lipinski definition) is 5. The van der Waals surface area contributed by atoms with E-state index in [1.54, 1.807) is 30.5 Å². The first-order chi connectivity index (χ1) is 14.0. The molecule has 0 saturated carbocycles. The second kappa shape index (κ2) is 9.01. The number of esters is 1. The van der Waals surface area contributed by atoms with Crippen molar-refractivity contribution in [3.8, 4) is 0 Å². The zero-order chi connectivity index (χ0) is 20.8. The van der Waals surface area contributed by atoms with Crippen molar-refractivity contribution in [1.29, 1.82) is 0 Å². The zero-order valence-corrected chi connectivity index (χ0v) is 16.7. The van der Waals surface area contributed by atoms with Crippen LogP contribution in [0.1, 0.15) is 38.8 Å². The van der Waals surface area contributed by atoms with Gasteiger partial charge in [0.2, 0.25) is 0 Å². The number of rotatable bonds is 6. The number of nitrogens with zero attached hydrogens (tertiary/aromatic N) is 1. The molecule has 6 nitrogen and oxygen atoms in total. The smallest absolute Gasteiger partial charge is 0.337 e. The largest absolute Gasteiger partial charge is 0.465 e. The number of carbonyl (C=O) groups excluding carboxylic acids is 2. The maximum absolute atomic E-state index is 12.8. The quantitative estimate of drug-likeness (QED) is 0.596. The summed E-state index contributed by atoms with van der Waals surface area (Å²) in [7, 11) is 1.34. The van der Waals surface area contributed by atoms with Gasteiger partial charge in [-0.05, 0) is 48.7 Å². The van der Waals surface area contributed by atoms with E-state index in [-0.39, 0.29) is 5.91 Å². The third-order valence-corrected chi connectivity index (χ3v) is 4.55. The molecular formula is C23H23N3O3. The van der Waals surface area contributed by atoms with Crippen LogP contribution >= 0.6 is 0 Å². The summed E-state index contributed by atoms with van der Waals surface area (Å²) in [4.78, 5) is 28.6. The molecule has 0 spiro atoms. The van der Waals surface area contributed by atoms with Crippen molar-refractivity contribution in [2.24, 2.45) is 0 Å². The number of methoxy groups -OCH3 is 1. The van der Waals surface area contributed by atoms with E-state index in [4.69, 9.17) is 4.74 Å². The second-order valence-corrected chi connectivity index (χ2v) is 6.58. The van der Waals surface area contributed by atoms with Gasteiger partial charge in [-0.25, -0.2) is 4.79 Å². The van der Waals surface area contributed by atoms with Crippen molar-refractivity contribution >= 4 is 28.9 Å². The molecule has 29 heavy (non-hydrogen) atoms. The minimum absolute atomic E-state index is 0.228. The summed E-state index contributed by atoms with van der Waals surface area (Å²) < 4.78 is 4.75. The van der Waals surface area contributed by atoms with E-state index < -0.39 is 5.97 Å². The number of benzene rings is 2. The van der Waals surface area contributed by atoms with E-state index in [0.717, 1.165) is 23.2 Å². The summed E-state index contributed by atoms with van der Waals surface area (Å²) in [5.41, 5.74) is 5.14. The fourth-order valence-corrected chi connectivity index (χ4v) is 3.03. The van der Waals surface area contributed by atoms with Gasteiger partial charge in [-0.15, -0.1) is 0 Å². The van der Waals surface area contributed by atoms with Crippen molar-refractivity contribution in [3.63, 3.8) is 0 Å². The Morgan fingerprint density at radius 2 is 1.76 bits per heavy atom. The number of aromatic nitrogens is 1. The van der Waals surface area contributed by atoms with Gasteiger partial charge >= 0.3 is 5.97 Å². The lowest BCUT2D eigenvalue weighted by atomic mass is 10.1. The highest BCUT2D eigenvalue weighted by Gasteiger charge is 2.12. The number of ether oxygens (including phenoxy) is 1. The monoisotopic (exact) mass is 389 g/mol. The van der Waals surface area contributed by atoms with Gasteiger partial charge in [0.1, 0.15) is 0 Å². The molecule has 0 aliphatic carbocycles. The first-order valence-electron chi connectivity index (χ1n) is 9.32. The fraction of sp³-hybridized carbons (Fsp3) is 0.174. The van der Waals surface area contributed by atoms with E-state index in [0.29, 0.717) is 22.5 Å². The van der Waals surface area contributed by atoms with Gasteiger partial charge in [-0.2, -0.15) is 0 Å². The molecule has 0 radical (unpaired) electrons. The van der Waals surface area contributed by atoms with Crippen LogP contribution in [0.15, 0.2) is 60.9 Å². The molecular weight excluding hydrogens is 366 g/mol. The number of amides is 1. The van der Waals surface area contributed by atoms with Gasteiger partial charge in [0.25, 0.3) is 5.91 Å². The summed E-state index contributed by atoms with van der Waals surface area (Å²) in [5.74, 6) is -0.640. The summed E-state index contributed by atoms with van der Waals surface area (Å²) in [5, 5.41) is 6.17. The van der Waals surface area contributed by atoms with Crippen molar-refractivity contribution in [2.45, 2.75) is 20.3 Å². The molecule has 0 unspecified atom stereocenters. The second-order valence-electron chi connectivity index (χ2n) is 6.58. The standard InChI is InChI=1S/C23H23N3O3/c1-4-16-8-5-7-15(2)21(16)26-22(27)18-12-20(14-24-13-18)25-19-10-6-9-17(11-19)23(28)29-3/h5-14,25H,4H2,1-3H3,(H,26,27). The van der Waals surface area contributed by atoms with Gasteiger partial charge in [0, 0.05) is 17.6 Å². The highest BCUT2D eigenvalue weighted by atomic mass is 16.5. The summed E-state index contributed by atoms with van der Waals surface area (Å²) in [6.45, 7) is 4.03. The molecule has 0 aliphatic rings. The van der Waals surface area contributed by atoms with Crippen LogP contribution < -0.4 is 10.6 Å². The normalized spacial score (nSPS) is 10.3. The van der Waals surface area contributed by atoms with E-state index in [9.17, 15) is 9.59 Å². The molecule has 3 aromatic rings. The predicted molar refractivity (Wildman–Crippen MR) is 114 cm³/mol. The number of nitrogens with one attached hydrogen (secondary N) is 2. The number of hydrogen-bond donors (Lipinski definition) is 2. The molecule has 0 fully saturated rings. The number of anilines is 3. The molecule has 0 bridgehead atoms. The first kappa shape index (κ1) is 20.1. The maximum atomic E-state index is 12.8. The Morgan fingerprint density at radius 3 is 2.52 bits per heavy atom. The third-order valence-electron chi connectivity index (χ3n) is 4.55. The SMILES string of the molecule is CCc1cccc(C)c1NC(=O)c1cncc(Nc2cccc(C(=O)OC)c2)c1. The Labute approximate surface area is 169 Å². The van der Waals surface area contributed by atoms with E-state index in [1.165, 1.54) is 13.3 Å². The predicted octanol–water partition coefficient (Wildman–Crippen LogP) is 4.73. The fourth-order valence-electron chi connectivity index (χ4n) is 3.03. The number of aryl methyl sites for hydroxylation is 2. The number of para-hydroxylation sites is 1. The molecule has 6 heteroatoms. The highest BCUT2D eigenvalue weighted by molar-refractivity contribution is 6.05. The van der Waals surface area contributed by atoms with Gasteiger partial charge in [0.15, 0.2) is 0 Å². The first-order valence-corrected chi connectivity index (χ1v) is 9.32. The third kappa shape index (κ3) is 4.79. The topological polar surface area (TPSA) is 80.3 Å². The minimum atomic E-state index is -0.412. The number of carbonyl (C=O) groups is 2. The van der Waals surface area contributed by atoms with Crippen LogP contribution in [0.5, 0.6) is 0 Å². The van der Waals surface area contributed by atoms with E-state index >= 15 is 0 Å². The van der Waals surface area contributed by atoms with Crippen LogP contribution in [0, 0.1) is 6.92 Å². The van der Waals surface area contributed by atoms with Gasteiger partial charge in [-0.1, -0.05) is 31.2 Å². The average molecular weight is 389 g/mol. The van der Waals surface area contributed by atoms with Crippen LogP contribution in [0.25, 0.3) is 0 Å². The van der Waals surface area contributed by atoms with E-state index in [1.807, 2.05) is 31.2 Å². The summed E-state index contributed by atoms with van der Waals surface area (Å²) in [6.07, 6.45) is 3.97. The van der Waals surface area contributed by atoms with Crippen molar-refractivity contribution in [1.82, 2.24) is 4.98 Å². The molecule has 0 saturated heterocycles. The Hall–Kier alpha value is -3.67. The lowest BCUT2D eigenvalue weighted by molar-refractivity contribution is 0.0600. The van der Waals surface area contributed by atoms with Gasteiger partial charge in [-0.3, -0.25) is 9.78 Å². The van der Waals surface area contributed by atoms with Crippen LogP contribution in [0.4, 0.5) is 17.1 Å². The van der Waals surface area contributed by atoms with Gasteiger partial charge in [0.05, 0.1) is 30.1 Å². The molecule has 0 atom stereocenters. The van der Waals surface area contributed by atoms with Crippen LogP contribution in [-0.2, 0) is 11.2 Å². The Bertz CT molecular complexity index is 1050. The number of pyridine rings is 1. The van der Waals surface area contributed by atoms with Crippen molar-refractivity contribution in [2.75, 3.05) is 17.7 Å². The maximum Gasteiger partial charge on any atom is 0.337 e. The van der Waals surface area contributed by atoms with Crippen LogP contribution in [0.2, 0.25) is 0 Å². The zero-order valence-electron chi connectivity index (χ0n) is 16.7. The molecule has 2 aromatic carbocycles. The Morgan fingerprint density at radius 1 is 1.00 bits per heavy atom. The summed E-state index contributed by atoms with van der Waals surface area (Å²) in [6, 6.07) is 14.6. The molecule has 1 aromatic heterocycles. The van der Waals surface area contributed by atoms with E-state index in [2.05, 4.69) is 22.5 Å². The lowest BCUT2D eigenvalue weighted by Gasteiger charge is -2.13. The summed E-state index contributed by atoms with van der Waals surface area (Å²) >= 11 is 0. The van der Waals surface area contributed by atoms with Crippen molar-refractivity contribution in [3.05, 3.63) is 83.2 Å². The molecule has 1 heterocycles.